The highest BCUT2D eigenvalue weighted by Crippen LogP contribution is 2.59. The SMILES string of the molecule is CC(C)C1=CC2=CC=C3[C@](C)(COC(=O)c4ccc(O)c(O)c4)CCC[C@@]3(C)C2=C(O)C1=O. The normalized spacial score (nSPS) is 26.8. The second kappa shape index (κ2) is 7.94. The Labute approximate surface area is 193 Å². The zero-order chi connectivity index (χ0) is 24.1. The molecule has 6 heteroatoms. The molecule has 1 aromatic rings. The lowest BCUT2D eigenvalue weighted by Crippen LogP contribution is -2.43. The molecule has 174 valence electrons. The van der Waals surface area contributed by atoms with Gasteiger partial charge in [0.2, 0.25) is 5.78 Å². The topological polar surface area (TPSA) is 104 Å². The van der Waals surface area contributed by atoms with Gasteiger partial charge in [-0.05, 0) is 48.6 Å². The predicted molar refractivity (Wildman–Crippen MR) is 124 cm³/mol. The van der Waals surface area contributed by atoms with E-state index in [9.17, 15) is 24.9 Å². The molecule has 0 unspecified atom stereocenters. The first kappa shape index (κ1) is 22.9. The molecular weight excluding hydrogens is 420 g/mol. The first-order valence-electron chi connectivity index (χ1n) is 11.3. The smallest absolute Gasteiger partial charge is 0.338 e. The van der Waals surface area contributed by atoms with E-state index in [1.807, 2.05) is 32.9 Å². The lowest BCUT2D eigenvalue weighted by Gasteiger charge is -2.50. The summed E-state index contributed by atoms with van der Waals surface area (Å²) in [6.45, 7) is 8.08. The molecule has 3 N–H and O–H groups in total. The predicted octanol–water partition coefficient (Wildman–Crippen LogP) is 5.29. The number of Topliss-reactive ketones (excluding diaryl/α,β-unsaturated/α-hetero) is 1. The average Bonchev–Trinajstić information content (AvgIpc) is 2.75. The summed E-state index contributed by atoms with van der Waals surface area (Å²) in [6, 6.07) is 3.82. The van der Waals surface area contributed by atoms with Crippen LogP contribution in [0.1, 0.15) is 57.3 Å². The third-order valence-electron chi connectivity index (χ3n) is 7.30. The highest BCUT2D eigenvalue weighted by atomic mass is 16.5. The molecule has 3 aliphatic rings. The van der Waals surface area contributed by atoms with Crippen LogP contribution in [0.25, 0.3) is 0 Å². The van der Waals surface area contributed by atoms with Crippen LogP contribution >= 0.6 is 0 Å². The number of aliphatic hydroxyl groups excluding tert-OH is 1. The largest absolute Gasteiger partial charge is 0.504 e. The molecule has 0 aromatic heterocycles. The van der Waals surface area contributed by atoms with Crippen molar-refractivity contribution in [3.63, 3.8) is 0 Å². The fraction of sp³-hybridized carbons (Fsp3) is 0.407. The van der Waals surface area contributed by atoms with E-state index < -0.39 is 16.8 Å². The zero-order valence-electron chi connectivity index (χ0n) is 19.4. The maximum atomic E-state index is 12.9. The summed E-state index contributed by atoms with van der Waals surface area (Å²) in [4.78, 5) is 25.5. The van der Waals surface area contributed by atoms with Crippen LogP contribution in [0.15, 0.2) is 64.5 Å². The molecule has 4 rings (SSSR count). The maximum Gasteiger partial charge on any atom is 0.338 e. The molecule has 0 spiro atoms. The van der Waals surface area contributed by atoms with Crippen LogP contribution in [-0.2, 0) is 9.53 Å². The van der Waals surface area contributed by atoms with Crippen LogP contribution in [-0.4, -0.2) is 33.7 Å². The van der Waals surface area contributed by atoms with Crippen molar-refractivity contribution in [2.45, 2.75) is 47.0 Å². The van der Waals surface area contributed by atoms with E-state index in [2.05, 4.69) is 13.0 Å². The number of aromatic hydroxyl groups is 2. The lowest BCUT2D eigenvalue weighted by molar-refractivity contribution is -0.115. The van der Waals surface area contributed by atoms with Crippen molar-refractivity contribution < 1.29 is 29.6 Å². The van der Waals surface area contributed by atoms with E-state index in [0.717, 1.165) is 30.4 Å². The Kier molecular flexibility index (Phi) is 5.51. The van der Waals surface area contributed by atoms with E-state index in [-0.39, 0.29) is 41.1 Å². The lowest BCUT2D eigenvalue weighted by atomic mass is 9.54. The Morgan fingerprint density at radius 2 is 1.82 bits per heavy atom. The van der Waals surface area contributed by atoms with Crippen molar-refractivity contribution in [3.8, 4) is 11.5 Å². The monoisotopic (exact) mass is 450 g/mol. The molecule has 0 heterocycles. The van der Waals surface area contributed by atoms with Crippen molar-refractivity contribution in [1.29, 1.82) is 0 Å². The third-order valence-corrected chi connectivity index (χ3v) is 7.30. The number of hydrogen-bond acceptors (Lipinski definition) is 6. The molecule has 0 aliphatic heterocycles. The first-order chi connectivity index (χ1) is 15.5. The van der Waals surface area contributed by atoms with Gasteiger partial charge in [0.25, 0.3) is 0 Å². The Balaban J connectivity index is 1.66. The number of phenols is 2. The van der Waals surface area contributed by atoms with E-state index in [1.54, 1.807) is 0 Å². The number of ketones is 1. The number of carbonyl (C=O) groups excluding carboxylic acids is 2. The van der Waals surface area contributed by atoms with Crippen LogP contribution in [0, 0.1) is 16.7 Å². The fourth-order valence-electron chi connectivity index (χ4n) is 5.53. The Hall–Kier alpha value is -3.28. The van der Waals surface area contributed by atoms with Gasteiger partial charge in [-0.3, -0.25) is 4.79 Å². The van der Waals surface area contributed by atoms with E-state index in [1.165, 1.54) is 18.2 Å². The van der Waals surface area contributed by atoms with Gasteiger partial charge in [-0.2, -0.15) is 0 Å². The molecule has 3 aliphatic carbocycles. The number of carbonyl (C=O) groups is 2. The summed E-state index contributed by atoms with van der Waals surface area (Å²) < 4.78 is 5.64. The quantitative estimate of drug-likeness (QED) is 0.425. The maximum absolute atomic E-state index is 12.9. The van der Waals surface area contributed by atoms with Gasteiger partial charge >= 0.3 is 5.97 Å². The summed E-state index contributed by atoms with van der Waals surface area (Å²) in [5.74, 6) is -1.76. The number of hydrogen-bond donors (Lipinski definition) is 3. The van der Waals surface area contributed by atoms with E-state index in [4.69, 9.17) is 4.74 Å². The molecule has 0 saturated heterocycles. The molecule has 0 radical (unpaired) electrons. The minimum Gasteiger partial charge on any atom is -0.504 e. The molecular formula is C27H30O6. The van der Waals surface area contributed by atoms with Crippen LogP contribution in [0.4, 0.5) is 0 Å². The van der Waals surface area contributed by atoms with Crippen LogP contribution in [0.3, 0.4) is 0 Å². The first-order valence-corrected chi connectivity index (χ1v) is 11.3. The Morgan fingerprint density at radius 1 is 1.09 bits per heavy atom. The van der Waals surface area contributed by atoms with Crippen molar-refractivity contribution in [2.24, 2.45) is 16.7 Å². The van der Waals surface area contributed by atoms with Crippen LogP contribution < -0.4 is 0 Å². The minimum atomic E-state index is -0.592. The molecule has 6 nitrogen and oxygen atoms in total. The third kappa shape index (κ3) is 3.67. The molecule has 0 amide bonds. The van der Waals surface area contributed by atoms with Gasteiger partial charge in [-0.15, -0.1) is 0 Å². The number of ether oxygens (including phenoxy) is 1. The van der Waals surface area contributed by atoms with Gasteiger partial charge in [0.05, 0.1) is 5.56 Å². The summed E-state index contributed by atoms with van der Waals surface area (Å²) in [5.41, 5.74) is 2.28. The van der Waals surface area contributed by atoms with Gasteiger partial charge in [0.15, 0.2) is 17.3 Å². The highest BCUT2D eigenvalue weighted by Gasteiger charge is 2.51. The van der Waals surface area contributed by atoms with Crippen molar-refractivity contribution in [2.75, 3.05) is 6.61 Å². The molecule has 2 atom stereocenters. The standard InChI is InChI=1S/C27H30O6/c1-15(2)18-12-16-7-9-21-26(3,10-5-11-27(21,4)22(16)24(31)23(18)30)14-33-25(32)17-6-8-19(28)20(29)13-17/h6-9,12-13,15,28-29,31H,5,10-11,14H2,1-4H3/t26-,27+/m0/s1. The summed E-state index contributed by atoms with van der Waals surface area (Å²) in [5, 5.41) is 30.1. The zero-order valence-corrected chi connectivity index (χ0v) is 19.4. The van der Waals surface area contributed by atoms with E-state index in [0.29, 0.717) is 11.1 Å². The fourth-order valence-corrected chi connectivity index (χ4v) is 5.53. The van der Waals surface area contributed by atoms with Gasteiger partial charge in [-0.25, -0.2) is 4.79 Å². The second-order valence-corrected chi connectivity index (χ2v) is 10.0. The van der Waals surface area contributed by atoms with Gasteiger partial charge in [0, 0.05) is 22.0 Å². The van der Waals surface area contributed by atoms with Crippen molar-refractivity contribution in [3.05, 3.63) is 70.0 Å². The van der Waals surface area contributed by atoms with Crippen molar-refractivity contribution >= 4 is 11.8 Å². The highest BCUT2D eigenvalue weighted by molar-refractivity contribution is 6.10. The average molecular weight is 451 g/mol. The number of esters is 1. The molecule has 1 fully saturated rings. The second-order valence-electron chi connectivity index (χ2n) is 10.0. The summed E-state index contributed by atoms with van der Waals surface area (Å²) in [6.07, 6.45) is 8.31. The van der Waals surface area contributed by atoms with E-state index >= 15 is 0 Å². The van der Waals surface area contributed by atoms with Crippen LogP contribution in [0.2, 0.25) is 0 Å². The Morgan fingerprint density at radius 3 is 2.48 bits per heavy atom. The van der Waals surface area contributed by atoms with Crippen molar-refractivity contribution in [1.82, 2.24) is 0 Å². The van der Waals surface area contributed by atoms with Gasteiger partial charge in [0.1, 0.15) is 6.61 Å². The number of aliphatic hydroxyl groups is 1. The van der Waals surface area contributed by atoms with Gasteiger partial charge in [-0.1, -0.05) is 51.8 Å². The number of allylic oxidation sites excluding steroid dienone is 6. The number of fused-ring (bicyclic) bond motifs is 3. The van der Waals surface area contributed by atoms with Gasteiger partial charge < -0.3 is 20.1 Å². The molecule has 33 heavy (non-hydrogen) atoms. The summed E-state index contributed by atoms with van der Waals surface area (Å²) in [7, 11) is 0. The number of benzene rings is 1. The molecule has 1 aromatic carbocycles. The molecule has 0 bridgehead atoms. The molecule has 1 saturated carbocycles. The number of rotatable bonds is 4. The minimum absolute atomic E-state index is 0.00986. The summed E-state index contributed by atoms with van der Waals surface area (Å²) >= 11 is 0. The van der Waals surface area contributed by atoms with Crippen LogP contribution in [0.5, 0.6) is 11.5 Å². The Bertz CT molecular complexity index is 1170. The number of phenolic OH excluding ortho intramolecular Hbond substituents is 2.